The Morgan fingerprint density at radius 2 is 1.65 bits per heavy atom. The molecular weight excluding hydrogens is 588 g/mol. The lowest BCUT2D eigenvalue weighted by Crippen LogP contribution is -2.42. The van der Waals surface area contributed by atoms with Crippen LogP contribution < -0.4 is 10.6 Å². The lowest BCUT2D eigenvalue weighted by molar-refractivity contribution is 0.0936. The van der Waals surface area contributed by atoms with Gasteiger partial charge in [-0.3, -0.25) is 19.8 Å². The van der Waals surface area contributed by atoms with Gasteiger partial charge in [-0.05, 0) is 60.1 Å². The van der Waals surface area contributed by atoms with E-state index in [1.54, 1.807) is 0 Å². The molecule has 228 valence electrons. The molecule has 2 atom stereocenters. The van der Waals surface area contributed by atoms with Crippen molar-refractivity contribution >= 4 is 44.3 Å². The molecule has 1 saturated heterocycles. The van der Waals surface area contributed by atoms with Gasteiger partial charge in [-0.2, -0.15) is 4.31 Å². The van der Waals surface area contributed by atoms with Crippen molar-refractivity contribution in [2.75, 3.05) is 32.1 Å². The van der Waals surface area contributed by atoms with Gasteiger partial charge < -0.3 is 10.1 Å². The van der Waals surface area contributed by atoms with Gasteiger partial charge in [0.15, 0.2) is 0 Å². The Morgan fingerprint density at radius 1 is 0.977 bits per heavy atom. The predicted octanol–water partition coefficient (Wildman–Crippen LogP) is 4.72. The highest BCUT2D eigenvalue weighted by Crippen LogP contribution is 2.38. The van der Waals surface area contributed by atoms with E-state index < -0.39 is 27.9 Å². The average molecular weight is 625 g/mol. The topological polar surface area (TPSA) is 125 Å². The molecule has 0 bridgehead atoms. The summed E-state index contributed by atoms with van der Waals surface area (Å²) in [6.07, 6.45) is 0.666. The van der Waals surface area contributed by atoms with E-state index in [9.17, 15) is 22.8 Å². The van der Waals surface area contributed by atoms with Crippen molar-refractivity contribution in [2.24, 2.45) is 11.8 Å². The number of carbonyl (C=O) groups excluding carboxylic acids is 3. The molecule has 2 aliphatic rings. The Hall–Kier alpha value is -3.58. The Kier molecular flexibility index (Phi) is 9.30. The molecule has 43 heavy (non-hydrogen) atoms. The first-order chi connectivity index (χ1) is 20.5. The highest BCUT2D eigenvalue weighted by molar-refractivity contribution is 7.89. The summed E-state index contributed by atoms with van der Waals surface area (Å²) in [6.45, 7) is 7.07. The van der Waals surface area contributed by atoms with Gasteiger partial charge in [-0.1, -0.05) is 44.2 Å². The van der Waals surface area contributed by atoms with Gasteiger partial charge in [0.25, 0.3) is 11.8 Å². The lowest BCUT2D eigenvalue weighted by atomic mass is 9.94. The minimum absolute atomic E-state index is 0.133. The quantitative estimate of drug-likeness (QED) is 0.390. The van der Waals surface area contributed by atoms with Crippen LogP contribution in [0.5, 0.6) is 0 Å². The van der Waals surface area contributed by atoms with Crippen molar-refractivity contribution in [3.63, 3.8) is 0 Å². The molecule has 2 N–H and O–H groups in total. The highest BCUT2D eigenvalue weighted by atomic mass is 32.2. The van der Waals surface area contributed by atoms with Crippen molar-refractivity contribution < 1.29 is 27.5 Å². The second-order valence-electron chi connectivity index (χ2n) is 11.3. The van der Waals surface area contributed by atoms with E-state index in [0.29, 0.717) is 37.6 Å². The van der Waals surface area contributed by atoms with Gasteiger partial charge in [0.05, 0.1) is 17.6 Å². The number of imide groups is 1. The number of piperidine rings is 1. The minimum Gasteiger partial charge on any atom is -0.453 e. The van der Waals surface area contributed by atoms with E-state index in [1.807, 2.05) is 18.2 Å². The molecule has 0 radical (unpaired) electrons. The molecule has 3 aromatic rings. The van der Waals surface area contributed by atoms with Crippen LogP contribution in [0.2, 0.25) is 0 Å². The zero-order valence-electron chi connectivity index (χ0n) is 24.5. The molecule has 0 aliphatic carbocycles. The van der Waals surface area contributed by atoms with Gasteiger partial charge in [0.2, 0.25) is 10.0 Å². The third kappa shape index (κ3) is 6.98. The number of alkyl carbamates (subject to hydrolysis) is 1. The summed E-state index contributed by atoms with van der Waals surface area (Å²) < 4.78 is 32.7. The van der Waals surface area contributed by atoms with E-state index in [1.165, 1.54) is 52.6 Å². The van der Waals surface area contributed by atoms with E-state index in [4.69, 9.17) is 0 Å². The zero-order valence-corrected chi connectivity index (χ0v) is 26.1. The molecule has 10 nitrogen and oxygen atoms in total. The second-order valence-corrected chi connectivity index (χ2v) is 14.4. The first-order valence-corrected chi connectivity index (χ1v) is 16.5. The fourth-order valence-electron chi connectivity index (χ4n) is 5.87. The number of amides is 3. The van der Waals surface area contributed by atoms with E-state index in [-0.39, 0.29) is 27.9 Å². The van der Waals surface area contributed by atoms with Crippen LogP contribution >= 0.6 is 11.3 Å². The first kappa shape index (κ1) is 30.9. The summed E-state index contributed by atoms with van der Waals surface area (Å²) in [4.78, 5) is 41.7. The molecule has 5 rings (SSSR count). The molecule has 2 aliphatic heterocycles. The number of nitrogens with zero attached hydrogens (tertiary/aromatic N) is 2. The number of ether oxygens (including phenoxy) is 1. The van der Waals surface area contributed by atoms with Crippen LogP contribution in [0.15, 0.2) is 59.5 Å². The number of methoxy groups -OCH3 is 1. The largest absolute Gasteiger partial charge is 0.453 e. The monoisotopic (exact) mass is 624 g/mol. The maximum atomic E-state index is 13.3. The summed E-state index contributed by atoms with van der Waals surface area (Å²) >= 11 is 1.30. The van der Waals surface area contributed by atoms with E-state index in [2.05, 4.69) is 46.3 Å². The SMILES string of the molecule is COC(=O)NC(=O)c1c(NC(=O)c2ccc(S(=O)(=O)N3CC(C)CC(C)C3)cc2)sc2c1CCN(Cc1ccccc1)C2. The van der Waals surface area contributed by atoms with E-state index in [0.717, 1.165) is 23.4 Å². The molecule has 3 amide bonds. The molecule has 1 fully saturated rings. The van der Waals surface area contributed by atoms with Crippen molar-refractivity contribution in [2.45, 2.75) is 44.7 Å². The van der Waals surface area contributed by atoms with Crippen LogP contribution in [0.4, 0.5) is 9.80 Å². The molecule has 3 heterocycles. The predicted molar refractivity (Wildman–Crippen MR) is 165 cm³/mol. The number of hydrogen-bond acceptors (Lipinski definition) is 8. The number of thiophene rings is 1. The highest BCUT2D eigenvalue weighted by Gasteiger charge is 2.32. The number of hydrogen-bond donors (Lipinski definition) is 2. The first-order valence-electron chi connectivity index (χ1n) is 14.3. The van der Waals surface area contributed by atoms with Crippen LogP contribution in [0.3, 0.4) is 0 Å². The number of sulfonamides is 1. The average Bonchev–Trinajstić information content (AvgIpc) is 3.34. The standard InChI is InChI=1S/C31H36N4O6S2/c1-20-15-21(2)17-35(16-20)43(39,40)24-11-9-23(10-12-24)28(36)32-30-27(29(37)33-31(38)41-3)25-13-14-34(19-26(25)42-30)18-22-7-5-4-6-8-22/h4-12,20-21H,13-19H2,1-3H3,(H,32,36)(H,33,37,38). The maximum absolute atomic E-state index is 13.3. The van der Waals surface area contributed by atoms with Crippen molar-refractivity contribution in [3.8, 4) is 0 Å². The minimum atomic E-state index is -3.69. The number of fused-ring (bicyclic) bond motifs is 1. The molecule has 2 unspecified atom stereocenters. The van der Waals surface area contributed by atoms with Crippen LogP contribution in [0.25, 0.3) is 0 Å². The number of nitrogens with one attached hydrogen (secondary N) is 2. The fourth-order valence-corrected chi connectivity index (χ4v) is 8.83. The molecular formula is C31H36N4O6S2. The number of anilines is 1. The van der Waals surface area contributed by atoms with Crippen molar-refractivity contribution in [1.29, 1.82) is 0 Å². The summed E-state index contributed by atoms with van der Waals surface area (Å²) in [7, 11) is -2.52. The normalized spacial score (nSPS) is 19.3. The van der Waals surface area contributed by atoms with Gasteiger partial charge in [-0.25, -0.2) is 13.2 Å². The van der Waals surface area contributed by atoms with Gasteiger partial charge in [0, 0.05) is 43.2 Å². The lowest BCUT2D eigenvalue weighted by Gasteiger charge is -2.34. The zero-order chi connectivity index (χ0) is 30.7. The van der Waals surface area contributed by atoms with Gasteiger partial charge in [-0.15, -0.1) is 11.3 Å². The van der Waals surface area contributed by atoms with Crippen molar-refractivity contribution in [3.05, 3.63) is 81.7 Å². The molecule has 0 spiro atoms. The van der Waals surface area contributed by atoms with Crippen LogP contribution in [-0.4, -0.2) is 62.3 Å². The third-order valence-corrected chi connectivity index (χ3v) is 10.8. The van der Waals surface area contributed by atoms with Gasteiger partial charge in [0.1, 0.15) is 5.00 Å². The molecule has 2 aromatic carbocycles. The van der Waals surface area contributed by atoms with E-state index >= 15 is 0 Å². The van der Waals surface area contributed by atoms with Crippen LogP contribution in [0.1, 0.15) is 57.0 Å². The Balaban J connectivity index is 1.36. The Labute approximate surface area is 256 Å². The Bertz CT molecular complexity index is 1590. The summed E-state index contributed by atoms with van der Waals surface area (Å²) in [5, 5.41) is 5.39. The van der Waals surface area contributed by atoms with Crippen LogP contribution in [-0.2, 0) is 34.3 Å². The van der Waals surface area contributed by atoms with Gasteiger partial charge >= 0.3 is 6.09 Å². The molecule has 1 aromatic heterocycles. The summed E-state index contributed by atoms with van der Waals surface area (Å²) in [5.74, 6) is -0.592. The third-order valence-electron chi connectivity index (χ3n) is 7.83. The maximum Gasteiger partial charge on any atom is 0.413 e. The smallest absolute Gasteiger partial charge is 0.413 e. The Morgan fingerprint density at radius 3 is 2.30 bits per heavy atom. The summed E-state index contributed by atoms with van der Waals surface area (Å²) in [6, 6.07) is 15.9. The summed E-state index contributed by atoms with van der Waals surface area (Å²) in [5.41, 5.74) is 2.45. The molecule has 12 heteroatoms. The fraction of sp³-hybridized carbons (Fsp3) is 0.387. The number of rotatable bonds is 7. The van der Waals surface area contributed by atoms with Crippen LogP contribution in [0, 0.1) is 11.8 Å². The second kappa shape index (κ2) is 13.0. The number of benzene rings is 2. The van der Waals surface area contributed by atoms with Crippen molar-refractivity contribution in [1.82, 2.24) is 14.5 Å². The number of carbonyl (C=O) groups is 3. The molecule has 0 saturated carbocycles.